The summed E-state index contributed by atoms with van der Waals surface area (Å²) in [5.41, 5.74) is 0.208. The van der Waals surface area contributed by atoms with Crippen LogP contribution in [0.3, 0.4) is 0 Å². The lowest BCUT2D eigenvalue weighted by molar-refractivity contribution is 0.427. The molecule has 0 radical (unpaired) electrons. The fourth-order valence-corrected chi connectivity index (χ4v) is 0.874. The first kappa shape index (κ1) is 10.3. The molecule has 0 aromatic rings. The minimum absolute atomic E-state index is 0.208. The van der Waals surface area contributed by atoms with Crippen molar-refractivity contribution in [1.29, 1.82) is 0 Å². The van der Waals surface area contributed by atoms with Gasteiger partial charge < -0.3 is 9.87 Å². The lowest BCUT2D eigenvalue weighted by Gasteiger charge is -2.19. The zero-order chi connectivity index (χ0) is 8.04. The molecule has 3 heteroatoms. The Balaban J connectivity index is 3.04. The van der Waals surface area contributed by atoms with Gasteiger partial charge >= 0.3 is 0 Å². The van der Waals surface area contributed by atoms with Gasteiger partial charge in [-0.25, -0.2) is 0 Å². The Morgan fingerprint density at radius 3 is 2.40 bits per heavy atom. The van der Waals surface area contributed by atoms with Gasteiger partial charge in [0, 0.05) is 11.3 Å². The molecule has 2 N–H and O–H groups in total. The van der Waals surface area contributed by atoms with Gasteiger partial charge in [0.05, 0.1) is 0 Å². The molecule has 0 rings (SSSR count). The second-order valence-electron chi connectivity index (χ2n) is 3.36. The molecule has 10 heavy (non-hydrogen) atoms. The van der Waals surface area contributed by atoms with Crippen molar-refractivity contribution in [1.82, 2.24) is 5.32 Å². The Labute approximate surface area is 67.6 Å². The number of hydrogen-bond donors (Lipinski definition) is 2. The van der Waals surface area contributed by atoms with Crippen LogP contribution in [0.1, 0.15) is 27.2 Å². The van der Waals surface area contributed by atoms with Gasteiger partial charge in [-0.15, -0.1) is 0 Å². The summed E-state index contributed by atoms with van der Waals surface area (Å²) in [6, 6.07) is 0. The molecule has 0 aromatic heterocycles. The van der Waals surface area contributed by atoms with E-state index < -0.39 is 0 Å². The molecular weight excluding hydrogens is 146 g/mol. The normalized spacial score (nSPS) is 12.0. The molecule has 0 aliphatic carbocycles. The highest BCUT2D eigenvalue weighted by atomic mass is 32.2. The van der Waals surface area contributed by atoms with Crippen molar-refractivity contribution in [2.24, 2.45) is 0 Å². The van der Waals surface area contributed by atoms with E-state index in [1.54, 1.807) is 0 Å². The Hall–Kier alpha value is 0.270. The molecule has 0 aromatic carbocycles. The number of nitrogens with one attached hydrogen (secondary N) is 1. The monoisotopic (exact) mass is 163 g/mol. The zero-order valence-electron chi connectivity index (χ0n) is 6.98. The van der Waals surface area contributed by atoms with Gasteiger partial charge in [-0.1, -0.05) is 0 Å². The van der Waals surface area contributed by atoms with Crippen LogP contribution in [0.15, 0.2) is 0 Å². The maximum absolute atomic E-state index is 8.38. The second kappa shape index (κ2) is 4.99. The van der Waals surface area contributed by atoms with Gasteiger partial charge in [-0.05, 0) is 45.8 Å². The van der Waals surface area contributed by atoms with E-state index in [0.29, 0.717) is 0 Å². The zero-order valence-corrected chi connectivity index (χ0v) is 7.79. The summed E-state index contributed by atoms with van der Waals surface area (Å²) >= 11 is 0.912. The highest BCUT2D eigenvalue weighted by molar-refractivity contribution is 7.93. The molecule has 0 unspecified atom stereocenters. The van der Waals surface area contributed by atoms with Crippen LogP contribution in [-0.4, -0.2) is 22.4 Å². The van der Waals surface area contributed by atoms with Gasteiger partial charge in [-0.3, -0.25) is 0 Å². The van der Waals surface area contributed by atoms with Crippen LogP contribution in [0.25, 0.3) is 0 Å². The minimum Gasteiger partial charge on any atom is -0.330 e. The van der Waals surface area contributed by atoms with Crippen LogP contribution < -0.4 is 5.32 Å². The highest BCUT2D eigenvalue weighted by Crippen LogP contribution is 1.99. The number of rotatable bonds is 4. The lowest BCUT2D eigenvalue weighted by atomic mass is 10.1. The second-order valence-corrected chi connectivity index (χ2v) is 4.03. The molecule has 0 spiro atoms. The van der Waals surface area contributed by atoms with Crippen molar-refractivity contribution >= 4 is 12.0 Å². The summed E-state index contributed by atoms with van der Waals surface area (Å²) in [5, 5.41) is 3.33. The van der Waals surface area contributed by atoms with E-state index in [-0.39, 0.29) is 5.54 Å². The third-order valence-corrected chi connectivity index (χ3v) is 1.54. The van der Waals surface area contributed by atoms with Gasteiger partial charge in [0.2, 0.25) is 0 Å². The maximum Gasteiger partial charge on any atom is 0.0207 e. The quantitative estimate of drug-likeness (QED) is 0.491. The average molecular weight is 163 g/mol. The summed E-state index contributed by atoms with van der Waals surface area (Å²) in [6.07, 6.45) is 1.03. The van der Waals surface area contributed by atoms with Crippen molar-refractivity contribution in [2.45, 2.75) is 32.7 Å². The molecular formula is C7H17NOS. The third-order valence-electron chi connectivity index (χ3n) is 1.07. The standard InChI is InChI=1S/C7H17NOS/c1-7(2,3)8-5-4-6-10-9/h8-9H,4-6H2,1-3H3. The van der Waals surface area contributed by atoms with E-state index in [2.05, 4.69) is 26.1 Å². The van der Waals surface area contributed by atoms with E-state index in [4.69, 9.17) is 4.55 Å². The molecule has 0 saturated heterocycles. The molecule has 62 valence electrons. The predicted molar refractivity (Wildman–Crippen MR) is 47.5 cm³/mol. The summed E-state index contributed by atoms with van der Waals surface area (Å²) in [5.74, 6) is 0.822. The molecule has 0 atom stereocenters. The fraction of sp³-hybridized carbons (Fsp3) is 1.00. The van der Waals surface area contributed by atoms with Gasteiger partial charge in [-0.2, -0.15) is 0 Å². The Morgan fingerprint density at radius 1 is 1.40 bits per heavy atom. The van der Waals surface area contributed by atoms with E-state index in [1.165, 1.54) is 0 Å². The van der Waals surface area contributed by atoms with Crippen molar-refractivity contribution in [2.75, 3.05) is 12.3 Å². The van der Waals surface area contributed by atoms with Gasteiger partial charge in [0.1, 0.15) is 0 Å². The van der Waals surface area contributed by atoms with Gasteiger partial charge in [0.15, 0.2) is 0 Å². The molecule has 0 fully saturated rings. The molecule has 0 bridgehead atoms. The van der Waals surface area contributed by atoms with Crippen molar-refractivity contribution in [3.05, 3.63) is 0 Å². The summed E-state index contributed by atoms with van der Waals surface area (Å²) in [4.78, 5) is 0. The highest BCUT2D eigenvalue weighted by Gasteiger charge is 2.06. The topological polar surface area (TPSA) is 32.3 Å². The average Bonchev–Trinajstić information content (AvgIpc) is 1.78. The smallest absolute Gasteiger partial charge is 0.0207 e. The molecule has 0 aliphatic rings. The molecule has 0 aliphatic heterocycles. The summed E-state index contributed by atoms with van der Waals surface area (Å²) in [7, 11) is 0. The Kier molecular flexibility index (Phi) is 5.13. The van der Waals surface area contributed by atoms with E-state index in [0.717, 1.165) is 30.8 Å². The van der Waals surface area contributed by atoms with Crippen molar-refractivity contribution in [3.8, 4) is 0 Å². The van der Waals surface area contributed by atoms with Crippen molar-refractivity contribution in [3.63, 3.8) is 0 Å². The van der Waals surface area contributed by atoms with Crippen LogP contribution in [0.4, 0.5) is 0 Å². The first-order chi connectivity index (χ1) is 4.56. The molecule has 0 heterocycles. The Bertz CT molecular complexity index is 80.2. The first-order valence-electron chi connectivity index (χ1n) is 3.57. The molecule has 0 amide bonds. The summed E-state index contributed by atoms with van der Waals surface area (Å²) in [6.45, 7) is 7.40. The maximum atomic E-state index is 8.38. The lowest BCUT2D eigenvalue weighted by Crippen LogP contribution is -2.36. The minimum atomic E-state index is 0.208. The van der Waals surface area contributed by atoms with Gasteiger partial charge in [0.25, 0.3) is 0 Å². The molecule has 2 nitrogen and oxygen atoms in total. The van der Waals surface area contributed by atoms with Crippen LogP contribution in [0.2, 0.25) is 0 Å². The fourth-order valence-electron chi connectivity index (χ4n) is 0.600. The van der Waals surface area contributed by atoms with E-state index in [9.17, 15) is 0 Å². The van der Waals surface area contributed by atoms with Crippen LogP contribution in [0.5, 0.6) is 0 Å². The van der Waals surface area contributed by atoms with Crippen molar-refractivity contribution < 1.29 is 4.55 Å². The third kappa shape index (κ3) is 8.27. The molecule has 0 saturated carbocycles. The van der Waals surface area contributed by atoms with Crippen LogP contribution >= 0.6 is 12.0 Å². The van der Waals surface area contributed by atoms with Crippen LogP contribution in [-0.2, 0) is 0 Å². The van der Waals surface area contributed by atoms with E-state index in [1.807, 2.05) is 0 Å². The summed E-state index contributed by atoms with van der Waals surface area (Å²) < 4.78 is 8.38. The largest absolute Gasteiger partial charge is 0.330 e. The first-order valence-corrected chi connectivity index (χ1v) is 4.52. The Morgan fingerprint density at radius 2 is 2.00 bits per heavy atom. The van der Waals surface area contributed by atoms with E-state index >= 15 is 0 Å². The van der Waals surface area contributed by atoms with Crippen LogP contribution in [0, 0.1) is 0 Å². The predicted octanol–water partition coefficient (Wildman–Crippen LogP) is 1.97. The number of hydrogen-bond acceptors (Lipinski definition) is 3. The SMILES string of the molecule is CC(C)(C)NCCCSO.